The van der Waals surface area contributed by atoms with Crippen LogP contribution in [0.4, 0.5) is 0 Å². The van der Waals surface area contributed by atoms with Crippen molar-refractivity contribution >= 4 is 21.8 Å². The maximum atomic E-state index is 5.16. The number of aromatic nitrogens is 5. The van der Waals surface area contributed by atoms with Gasteiger partial charge in [0.05, 0.1) is 33.8 Å². The molecule has 0 bridgehead atoms. The molecule has 0 fully saturated rings. The summed E-state index contributed by atoms with van der Waals surface area (Å²) in [6.45, 7) is 0. The summed E-state index contributed by atoms with van der Waals surface area (Å²) in [5.74, 6) is 0. The number of rotatable bonds is 7. The first-order chi connectivity index (χ1) is 27.2. The molecule has 0 amide bonds. The van der Waals surface area contributed by atoms with Crippen LogP contribution in [0.2, 0.25) is 0 Å². The standard InChI is InChI=1S/C50H33N5/c1-3-9-34(10-4-1)35-18-20-38(21-19-35)47-30-41(31-48(54-47)46-24-22-40(32-53-46)45-13-7-8-27-52-45)37-16-14-36(15-17-37)39-23-25-49-43(29-39)44-33-51-28-26-50(44)55(49)42-11-5-2-6-12-42/h1-33H. The van der Waals surface area contributed by atoms with Gasteiger partial charge in [-0.25, -0.2) is 4.98 Å². The largest absolute Gasteiger partial charge is 0.309 e. The molecule has 0 spiro atoms. The molecule has 0 aliphatic heterocycles. The van der Waals surface area contributed by atoms with Gasteiger partial charge in [0.15, 0.2) is 0 Å². The van der Waals surface area contributed by atoms with Crippen LogP contribution in [0.25, 0.3) is 94.8 Å². The van der Waals surface area contributed by atoms with E-state index >= 15 is 0 Å². The zero-order valence-corrected chi connectivity index (χ0v) is 29.8. The van der Waals surface area contributed by atoms with E-state index in [2.05, 4.69) is 160 Å². The average molecular weight is 704 g/mol. The van der Waals surface area contributed by atoms with Crippen LogP contribution in [0.1, 0.15) is 0 Å². The molecule has 55 heavy (non-hydrogen) atoms. The van der Waals surface area contributed by atoms with Crippen LogP contribution in [0.15, 0.2) is 201 Å². The van der Waals surface area contributed by atoms with E-state index in [-0.39, 0.29) is 0 Å². The second kappa shape index (κ2) is 13.8. The molecule has 5 heteroatoms. The predicted octanol–water partition coefficient (Wildman–Crippen LogP) is 12.4. The molecule has 0 unspecified atom stereocenters. The van der Waals surface area contributed by atoms with Crippen LogP contribution in [0.5, 0.6) is 0 Å². The number of para-hydroxylation sites is 1. The Kier molecular flexibility index (Phi) is 8.08. The highest BCUT2D eigenvalue weighted by atomic mass is 15.0. The fourth-order valence-electron chi connectivity index (χ4n) is 7.43. The molecule has 5 nitrogen and oxygen atoms in total. The number of nitrogens with zero attached hydrogens (tertiary/aromatic N) is 5. The highest BCUT2D eigenvalue weighted by Crippen LogP contribution is 2.36. The third-order valence-corrected chi connectivity index (χ3v) is 10.2. The van der Waals surface area contributed by atoms with Gasteiger partial charge in [-0.2, -0.15) is 0 Å². The molecule has 0 N–H and O–H groups in total. The van der Waals surface area contributed by atoms with Crippen LogP contribution in [-0.2, 0) is 0 Å². The van der Waals surface area contributed by atoms with Gasteiger partial charge in [0.25, 0.3) is 0 Å². The Labute approximate surface area is 318 Å². The molecule has 258 valence electrons. The summed E-state index contributed by atoms with van der Waals surface area (Å²) in [4.78, 5) is 19.0. The molecule has 10 aromatic rings. The van der Waals surface area contributed by atoms with Gasteiger partial charge in [-0.05, 0) is 100 Å². The zero-order chi connectivity index (χ0) is 36.6. The first-order valence-corrected chi connectivity index (χ1v) is 18.4. The van der Waals surface area contributed by atoms with E-state index in [0.717, 1.165) is 78.3 Å². The van der Waals surface area contributed by atoms with Gasteiger partial charge >= 0.3 is 0 Å². The number of pyridine rings is 4. The summed E-state index contributed by atoms with van der Waals surface area (Å²) in [5.41, 5.74) is 15.7. The van der Waals surface area contributed by atoms with Crippen LogP contribution in [-0.4, -0.2) is 24.5 Å². The smallest absolute Gasteiger partial charge is 0.0899 e. The second-order valence-electron chi connectivity index (χ2n) is 13.6. The lowest BCUT2D eigenvalue weighted by Gasteiger charge is -2.12. The van der Waals surface area contributed by atoms with Crippen LogP contribution in [0, 0.1) is 0 Å². The molecule has 0 aliphatic rings. The Morgan fingerprint density at radius 2 is 0.945 bits per heavy atom. The first-order valence-electron chi connectivity index (χ1n) is 18.4. The molecule has 0 atom stereocenters. The summed E-state index contributed by atoms with van der Waals surface area (Å²) >= 11 is 0. The third kappa shape index (κ3) is 6.14. The van der Waals surface area contributed by atoms with E-state index in [0.29, 0.717) is 0 Å². The summed E-state index contributed by atoms with van der Waals surface area (Å²) in [5, 5.41) is 2.31. The van der Waals surface area contributed by atoms with Crippen LogP contribution in [0.3, 0.4) is 0 Å². The van der Waals surface area contributed by atoms with Crippen molar-refractivity contribution in [1.29, 1.82) is 0 Å². The van der Waals surface area contributed by atoms with Gasteiger partial charge in [-0.1, -0.05) is 109 Å². The zero-order valence-electron chi connectivity index (χ0n) is 29.8. The van der Waals surface area contributed by atoms with Gasteiger partial charge in [-0.3, -0.25) is 15.0 Å². The third-order valence-electron chi connectivity index (χ3n) is 10.2. The Bertz CT molecular complexity index is 2820. The molecule has 0 aliphatic carbocycles. The predicted molar refractivity (Wildman–Crippen MR) is 225 cm³/mol. The molecule has 5 heterocycles. The number of hydrogen-bond acceptors (Lipinski definition) is 4. The SMILES string of the molecule is c1ccc(-c2ccc(-c3cc(-c4ccc(-c5ccc6c(c5)c5cnccc5n6-c5ccccc5)cc4)cc(-c4ccc(-c5ccccn5)cn4)n3)cc2)cc1. The molecular weight excluding hydrogens is 671 g/mol. The fourth-order valence-corrected chi connectivity index (χ4v) is 7.43. The van der Waals surface area contributed by atoms with E-state index in [4.69, 9.17) is 9.97 Å². The van der Waals surface area contributed by atoms with Crippen molar-refractivity contribution in [2.75, 3.05) is 0 Å². The quantitative estimate of drug-likeness (QED) is 0.166. The van der Waals surface area contributed by atoms with E-state index in [1.165, 1.54) is 16.5 Å². The first kappa shape index (κ1) is 32.2. The highest BCUT2D eigenvalue weighted by Gasteiger charge is 2.15. The second-order valence-corrected chi connectivity index (χ2v) is 13.6. The van der Waals surface area contributed by atoms with Gasteiger partial charge < -0.3 is 4.57 Å². The minimum atomic E-state index is 0.803. The van der Waals surface area contributed by atoms with Crippen molar-refractivity contribution in [3.8, 4) is 73.0 Å². The topological polar surface area (TPSA) is 56.5 Å². The normalized spacial score (nSPS) is 11.3. The number of benzene rings is 5. The van der Waals surface area contributed by atoms with Gasteiger partial charge in [0.1, 0.15) is 0 Å². The Balaban J connectivity index is 1.03. The van der Waals surface area contributed by atoms with E-state index in [1.807, 2.05) is 48.9 Å². The molecule has 0 saturated carbocycles. The minimum Gasteiger partial charge on any atom is -0.309 e. The van der Waals surface area contributed by atoms with Crippen molar-refractivity contribution in [1.82, 2.24) is 24.5 Å². The van der Waals surface area contributed by atoms with Gasteiger partial charge in [0, 0.05) is 52.4 Å². The van der Waals surface area contributed by atoms with Gasteiger partial charge in [0.2, 0.25) is 0 Å². The van der Waals surface area contributed by atoms with Crippen molar-refractivity contribution in [2.24, 2.45) is 0 Å². The Hall–Kier alpha value is -7.50. The number of fused-ring (bicyclic) bond motifs is 3. The van der Waals surface area contributed by atoms with Crippen molar-refractivity contribution in [3.63, 3.8) is 0 Å². The molecule has 0 saturated heterocycles. The lowest BCUT2D eigenvalue weighted by atomic mass is 9.97. The molecule has 5 aromatic carbocycles. The van der Waals surface area contributed by atoms with Crippen LogP contribution < -0.4 is 0 Å². The van der Waals surface area contributed by atoms with E-state index in [1.54, 1.807) is 6.20 Å². The van der Waals surface area contributed by atoms with Gasteiger partial charge in [-0.15, -0.1) is 0 Å². The molecule has 10 rings (SSSR count). The van der Waals surface area contributed by atoms with E-state index < -0.39 is 0 Å². The Morgan fingerprint density at radius 1 is 0.327 bits per heavy atom. The summed E-state index contributed by atoms with van der Waals surface area (Å²) in [7, 11) is 0. The van der Waals surface area contributed by atoms with Crippen molar-refractivity contribution < 1.29 is 0 Å². The lowest BCUT2D eigenvalue weighted by Crippen LogP contribution is -1.94. The monoisotopic (exact) mass is 703 g/mol. The average Bonchev–Trinajstić information content (AvgIpc) is 3.61. The van der Waals surface area contributed by atoms with E-state index in [9.17, 15) is 0 Å². The summed E-state index contributed by atoms with van der Waals surface area (Å²) in [6, 6.07) is 61.5. The Morgan fingerprint density at radius 3 is 1.67 bits per heavy atom. The summed E-state index contributed by atoms with van der Waals surface area (Å²) < 4.78 is 2.31. The molecule has 5 aromatic heterocycles. The maximum absolute atomic E-state index is 5.16. The maximum Gasteiger partial charge on any atom is 0.0899 e. The molecule has 0 radical (unpaired) electrons. The van der Waals surface area contributed by atoms with Crippen LogP contribution >= 0.6 is 0 Å². The van der Waals surface area contributed by atoms with Crippen molar-refractivity contribution in [2.45, 2.75) is 0 Å². The fraction of sp³-hybridized carbons (Fsp3) is 0. The van der Waals surface area contributed by atoms with Crippen molar-refractivity contribution in [3.05, 3.63) is 201 Å². The summed E-state index contributed by atoms with van der Waals surface area (Å²) in [6.07, 6.45) is 7.51. The lowest BCUT2D eigenvalue weighted by molar-refractivity contribution is 1.17. The highest BCUT2D eigenvalue weighted by molar-refractivity contribution is 6.10. The minimum absolute atomic E-state index is 0.803. The number of hydrogen-bond donors (Lipinski definition) is 0. The molecular formula is C50H33N5.